The van der Waals surface area contributed by atoms with E-state index in [0.717, 1.165) is 16.7 Å². The fourth-order valence-corrected chi connectivity index (χ4v) is 4.42. The second-order valence-corrected chi connectivity index (χ2v) is 7.33. The normalized spacial score (nSPS) is 26.0. The van der Waals surface area contributed by atoms with E-state index in [9.17, 15) is 14.4 Å². The number of allylic oxidation sites excluding steroid dienone is 1. The molecule has 4 rings (SSSR count). The van der Waals surface area contributed by atoms with Crippen LogP contribution in [0.4, 0.5) is 4.79 Å². The first kappa shape index (κ1) is 18.9. The van der Waals surface area contributed by atoms with Gasteiger partial charge in [-0.15, -0.1) is 0 Å². The quantitative estimate of drug-likeness (QED) is 0.818. The molecule has 0 spiro atoms. The van der Waals surface area contributed by atoms with Gasteiger partial charge in [-0.1, -0.05) is 66.7 Å². The molecule has 0 saturated carbocycles. The van der Waals surface area contributed by atoms with Crippen LogP contribution in [-0.2, 0) is 14.3 Å². The lowest BCUT2D eigenvalue weighted by Gasteiger charge is -2.36. The van der Waals surface area contributed by atoms with Gasteiger partial charge < -0.3 is 10.1 Å². The summed E-state index contributed by atoms with van der Waals surface area (Å²) in [6.07, 6.45) is 1.38. The van der Waals surface area contributed by atoms with Crippen molar-refractivity contribution in [2.24, 2.45) is 11.8 Å². The number of carbonyl (C=O) groups is 3. The van der Waals surface area contributed by atoms with Gasteiger partial charge in [0.1, 0.15) is 0 Å². The number of alkyl carbamates (subject to hydrolysis) is 1. The van der Waals surface area contributed by atoms with Crippen molar-refractivity contribution in [3.05, 3.63) is 77.9 Å². The third-order valence-corrected chi connectivity index (χ3v) is 5.81. The highest BCUT2D eigenvalue weighted by atomic mass is 16.5. The van der Waals surface area contributed by atoms with E-state index in [0.29, 0.717) is 0 Å². The van der Waals surface area contributed by atoms with Crippen LogP contribution < -0.4 is 5.32 Å². The number of hydrogen-bond acceptors (Lipinski definition) is 4. The van der Waals surface area contributed by atoms with Gasteiger partial charge in [0, 0.05) is 13.0 Å². The number of fused-ring (bicyclic) bond motifs is 1. The van der Waals surface area contributed by atoms with E-state index in [-0.39, 0.29) is 17.7 Å². The molecule has 29 heavy (non-hydrogen) atoms. The lowest BCUT2D eigenvalue weighted by atomic mass is 9.68. The Morgan fingerprint density at radius 2 is 1.52 bits per heavy atom. The van der Waals surface area contributed by atoms with Gasteiger partial charge in [-0.25, -0.2) is 4.79 Å². The SMILES string of the molecule is COC(=O)N[C@@H]1C(c2ccccc2)=CC(c2ccccc2)[C@@H]2C(=O)N(C)C(=O)[C@H]12. The molecule has 1 fully saturated rings. The number of likely N-dealkylation sites (tertiary alicyclic amines) is 1. The van der Waals surface area contributed by atoms with E-state index < -0.39 is 24.0 Å². The maximum atomic E-state index is 13.1. The molecule has 1 N–H and O–H groups in total. The molecule has 1 aliphatic heterocycles. The van der Waals surface area contributed by atoms with Crippen LogP contribution >= 0.6 is 0 Å². The maximum absolute atomic E-state index is 13.1. The number of nitrogens with one attached hydrogen (secondary N) is 1. The fraction of sp³-hybridized carbons (Fsp3) is 0.261. The van der Waals surface area contributed by atoms with Gasteiger partial charge in [-0.3, -0.25) is 14.5 Å². The summed E-state index contributed by atoms with van der Waals surface area (Å²) in [7, 11) is 2.78. The van der Waals surface area contributed by atoms with E-state index in [4.69, 9.17) is 4.74 Å². The molecular formula is C23H22N2O4. The first-order valence-electron chi connectivity index (χ1n) is 9.51. The van der Waals surface area contributed by atoms with E-state index >= 15 is 0 Å². The zero-order valence-electron chi connectivity index (χ0n) is 16.2. The molecule has 4 atom stereocenters. The zero-order valence-corrected chi connectivity index (χ0v) is 16.2. The average molecular weight is 390 g/mol. The van der Waals surface area contributed by atoms with Crippen LogP contribution in [-0.4, -0.2) is 43.0 Å². The number of imide groups is 1. The Bertz CT molecular complexity index is 971. The average Bonchev–Trinajstić information content (AvgIpc) is 2.99. The van der Waals surface area contributed by atoms with Crippen molar-refractivity contribution >= 4 is 23.5 Å². The molecule has 1 unspecified atom stereocenters. The Kier molecular flexibility index (Phi) is 4.92. The second-order valence-electron chi connectivity index (χ2n) is 7.33. The molecule has 148 valence electrons. The highest BCUT2D eigenvalue weighted by Gasteiger charge is 2.56. The van der Waals surface area contributed by atoms with E-state index in [1.807, 2.05) is 66.7 Å². The van der Waals surface area contributed by atoms with Crippen molar-refractivity contribution < 1.29 is 19.1 Å². The van der Waals surface area contributed by atoms with E-state index in [1.54, 1.807) is 0 Å². The summed E-state index contributed by atoms with van der Waals surface area (Å²) < 4.78 is 4.80. The molecule has 2 aliphatic rings. The van der Waals surface area contributed by atoms with Crippen LogP contribution in [0.5, 0.6) is 0 Å². The zero-order chi connectivity index (χ0) is 20.5. The van der Waals surface area contributed by atoms with Crippen LogP contribution in [0.2, 0.25) is 0 Å². The summed E-state index contributed by atoms with van der Waals surface area (Å²) in [4.78, 5) is 39.4. The van der Waals surface area contributed by atoms with E-state index in [2.05, 4.69) is 5.32 Å². The van der Waals surface area contributed by atoms with Crippen molar-refractivity contribution in [3.63, 3.8) is 0 Å². The van der Waals surface area contributed by atoms with Crippen molar-refractivity contribution in [3.8, 4) is 0 Å². The molecule has 0 aromatic heterocycles. The van der Waals surface area contributed by atoms with Crippen LogP contribution in [0.15, 0.2) is 66.7 Å². The fourth-order valence-electron chi connectivity index (χ4n) is 4.42. The molecule has 2 aromatic carbocycles. The third-order valence-electron chi connectivity index (χ3n) is 5.81. The van der Waals surface area contributed by atoms with Gasteiger partial charge in [-0.05, 0) is 16.7 Å². The lowest BCUT2D eigenvalue weighted by Crippen LogP contribution is -2.48. The minimum atomic E-state index is -0.697. The predicted molar refractivity (Wildman–Crippen MR) is 108 cm³/mol. The summed E-state index contributed by atoms with van der Waals surface area (Å²) in [5.41, 5.74) is 2.66. The Balaban J connectivity index is 1.90. The molecule has 1 heterocycles. The molecular weight excluding hydrogens is 368 g/mol. The summed E-state index contributed by atoms with van der Waals surface area (Å²) in [5, 5.41) is 2.80. The Hall–Kier alpha value is -3.41. The van der Waals surface area contributed by atoms with Crippen LogP contribution in [0.25, 0.3) is 5.57 Å². The number of nitrogens with zero attached hydrogens (tertiary/aromatic N) is 1. The molecule has 0 bridgehead atoms. The van der Waals surface area contributed by atoms with Gasteiger partial charge in [0.25, 0.3) is 0 Å². The number of methoxy groups -OCH3 is 1. The summed E-state index contributed by atoms with van der Waals surface area (Å²) in [6, 6.07) is 18.6. The number of amides is 3. The molecule has 1 saturated heterocycles. The lowest BCUT2D eigenvalue weighted by molar-refractivity contribution is -0.138. The van der Waals surface area contributed by atoms with Crippen molar-refractivity contribution in [2.45, 2.75) is 12.0 Å². The number of benzene rings is 2. The Labute approximate surface area is 169 Å². The molecule has 6 heteroatoms. The Morgan fingerprint density at radius 1 is 0.931 bits per heavy atom. The highest BCUT2D eigenvalue weighted by molar-refractivity contribution is 6.08. The van der Waals surface area contributed by atoms with Gasteiger partial charge in [-0.2, -0.15) is 0 Å². The standard InChI is InChI=1S/C23H22N2O4/c1-25-21(26)18-16(14-9-5-3-6-10-14)13-17(15-11-7-4-8-12-15)20(19(18)22(25)27)24-23(28)29-2/h3-13,16,18-20H,1-2H3,(H,24,28)/t16?,18-,19-,20+/m0/s1. The van der Waals surface area contributed by atoms with Gasteiger partial charge >= 0.3 is 6.09 Å². The highest BCUT2D eigenvalue weighted by Crippen LogP contribution is 2.47. The smallest absolute Gasteiger partial charge is 0.407 e. The minimum absolute atomic E-state index is 0.228. The van der Waals surface area contributed by atoms with Crippen molar-refractivity contribution in [1.29, 1.82) is 0 Å². The molecule has 0 radical (unpaired) electrons. The van der Waals surface area contributed by atoms with Gasteiger partial charge in [0.15, 0.2) is 0 Å². The maximum Gasteiger partial charge on any atom is 0.407 e. The van der Waals surface area contributed by atoms with Gasteiger partial charge in [0.05, 0.1) is 25.0 Å². The third kappa shape index (κ3) is 3.20. The summed E-state index contributed by atoms with van der Waals surface area (Å²) >= 11 is 0. The van der Waals surface area contributed by atoms with Crippen molar-refractivity contribution in [2.75, 3.05) is 14.2 Å². The molecule has 3 amide bonds. The van der Waals surface area contributed by atoms with E-state index in [1.165, 1.54) is 19.1 Å². The molecule has 2 aromatic rings. The largest absolute Gasteiger partial charge is 0.453 e. The first-order valence-corrected chi connectivity index (χ1v) is 9.51. The summed E-state index contributed by atoms with van der Waals surface area (Å²) in [6.45, 7) is 0. The number of ether oxygens (including phenoxy) is 1. The first-order chi connectivity index (χ1) is 14.0. The van der Waals surface area contributed by atoms with Crippen LogP contribution in [0.1, 0.15) is 17.0 Å². The minimum Gasteiger partial charge on any atom is -0.453 e. The second kappa shape index (κ2) is 7.54. The monoisotopic (exact) mass is 390 g/mol. The molecule has 1 aliphatic carbocycles. The topological polar surface area (TPSA) is 75.7 Å². The summed E-state index contributed by atoms with van der Waals surface area (Å²) in [5.74, 6) is -2.06. The number of rotatable bonds is 3. The van der Waals surface area contributed by atoms with Gasteiger partial charge in [0.2, 0.25) is 11.8 Å². The Morgan fingerprint density at radius 3 is 2.14 bits per heavy atom. The number of carbonyl (C=O) groups excluding carboxylic acids is 3. The van der Waals surface area contributed by atoms with Crippen LogP contribution in [0.3, 0.4) is 0 Å². The van der Waals surface area contributed by atoms with Crippen LogP contribution in [0, 0.1) is 11.8 Å². The molecule has 6 nitrogen and oxygen atoms in total. The number of hydrogen-bond donors (Lipinski definition) is 1. The predicted octanol–water partition coefficient (Wildman–Crippen LogP) is 2.82. The van der Waals surface area contributed by atoms with Crippen molar-refractivity contribution in [1.82, 2.24) is 10.2 Å².